The van der Waals surface area contributed by atoms with Gasteiger partial charge in [0.1, 0.15) is 6.10 Å². The predicted octanol–water partition coefficient (Wildman–Crippen LogP) is 2.40. The highest BCUT2D eigenvalue weighted by Gasteiger charge is 2.52. The summed E-state index contributed by atoms with van der Waals surface area (Å²) in [6, 6.07) is 22.0. The summed E-state index contributed by atoms with van der Waals surface area (Å²) in [5.74, 6) is -0.225. The molecule has 8 heteroatoms. The van der Waals surface area contributed by atoms with Gasteiger partial charge in [0, 0.05) is 18.2 Å². The Kier molecular flexibility index (Phi) is 7.28. The van der Waals surface area contributed by atoms with E-state index in [4.69, 9.17) is 9.16 Å². The molecule has 0 bridgehead atoms. The first-order valence-corrected chi connectivity index (χ1v) is 14.0. The molecule has 2 heterocycles. The molecule has 4 rings (SSSR count). The van der Waals surface area contributed by atoms with Crippen molar-refractivity contribution in [3.8, 4) is 0 Å². The molecule has 0 saturated carbocycles. The van der Waals surface area contributed by atoms with Gasteiger partial charge in [-0.15, -0.1) is 0 Å². The minimum Gasteiger partial charge on any atom is -0.405 e. The maximum Gasteiger partial charge on any atom is 0.330 e. The summed E-state index contributed by atoms with van der Waals surface area (Å²) in [6.07, 6.45) is -0.189. The molecule has 35 heavy (non-hydrogen) atoms. The van der Waals surface area contributed by atoms with Crippen molar-refractivity contribution in [1.82, 2.24) is 9.55 Å². The number of aliphatic hydroxyl groups is 1. The maximum absolute atomic E-state index is 12.4. The van der Waals surface area contributed by atoms with Crippen molar-refractivity contribution >= 4 is 18.7 Å². The van der Waals surface area contributed by atoms with Gasteiger partial charge in [0.15, 0.2) is 6.23 Å². The van der Waals surface area contributed by atoms with Crippen LogP contribution in [-0.2, 0) is 9.16 Å². The standard InChI is InChI=1S/C27H34N2O5Si/c1-5-21-22(34-25(24(21)31)29-17-16-23(30)28-26(29)32)18-33-35(27(2,3)4,19-12-8-6-9-13-19)20-14-10-7-11-15-20/h6-17,21-22,24-25,31H,5,18H2,1-4H3,(H,28,30,32)/t21-,22-,24+,25-/m1/s1. The Labute approximate surface area is 206 Å². The number of nitrogens with one attached hydrogen (secondary N) is 1. The molecule has 4 atom stereocenters. The van der Waals surface area contributed by atoms with E-state index >= 15 is 0 Å². The second-order valence-corrected chi connectivity index (χ2v) is 14.4. The highest BCUT2D eigenvalue weighted by molar-refractivity contribution is 6.99. The minimum atomic E-state index is -2.78. The zero-order chi connectivity index (χ0) is 25.2. The first kappa shape index (κ1) is 25.3. The van der Waals surface area contributed by atoms with Crippen LogP contribution in [0.2, 0.25) is 5.04 Å². The first-order chi connectivity index (χ1) is 16.7. The van der Waals surface area contributed by atoms with Gasteiger partial charge in [-0.05, 0) is 21.8 Å². The van der Waals surface area contributed by atoms with E-state index in [2.05, 4.69) is 50.0 Å². The molecule has 1 saturated heterocycles. The van der Waals surface area contributed by atoms with Gasteiger partial charge in [-0.1, -0.05) is 88.4 Å². The SMILES string of the molecule is CC[C@H]1[C@H](O)[C@H](n2ccc(=O)[nH]c2=O)O[C@@H]1CO[Si](c1ccccc1)(c1ccccc1)C(C)(C)C. The number of aromatic nitrogens is 2. The van der Waals surface area contributed by atoms with Crippen LogP contribution < -0.4 is 21.6 Å². The van der Waals surface area contributed by atoms with E-state index in [1.54, 1.807) is 0 Å². The van der Waals surface area contributed by atoms with Crippen molar-refractivity contribution in [1.29, 1.82) is 0 Å². The van der Waals surface area contributed by atoms with Gasteiger partial charge >= 0.3 is 5.69 Å². The lowest BCUT2D eigenvalue weighted by molar-refractivity contribution is -0.0516. The third-order valence-electron chi connectivity index (χ3n) is 7.00. The van der Waals surface area contributed by atoms with Gasteiger partial charge < -0.3 is 14.3 Å². The molecule has 0 unspecified atom stereocenters. The first-order valence-electron chi connectivity index (χ1n) is 12.1. The molecule has 7 nitrogen and oxygen atoms in total. The number of hydrogen-bond donors (Lipinski definition) is 2. The molecular formula is C27H34N2O5Si. The van der Waals surface area contributed by atoms with Crippen LogP contribution in [0.5, 0.6) is 0 Å². The number of hydrogen-bond acceptors (Lipinski definition) is 5. The second kappa shape index (κ2) is 10.1. The topological polar surface area (TPSA) is 93.6 Å². The second-order valence-electron chi connectivity index (χ2n) is 10.1. The summed E-state index contributed by atoms with van der Waals surface area (Å²) < 4.78 is 14.5. The Balaban J connectivity index is 1.71. The third kappa shape index (κ3) is 4.71. The Morgan fingerprint density at radius 3 is 2.06 bits per heavy atom. The third-order valence-corrected chi connectivity index (χ3v) is 12.0. The van der Waals surface area contributed by atoms with Crippen LogP contribution in [0, 0.1) is 5.92 Å². The smallest absolute Gasteiger partial charge is 0.330 e. The van der Waals surface area contributed by atoms with E-state index in [0.29, 0.717) is 6.42 Å². The Bertz CT molecular complexity index is 1200. The molecule has 0 aliphatic carbocycles. The van der Waals surface area contributed by atoms with Crippen molar-refractivity contribution in [2.45, 2.75) is 57.6 Å². The van der Waals surface area contributed by atoms with Crippen LogP contribution in [0.1, 0.15) is 40.3 Å². The van der Waals surface area contributed by atoms with Crippen molar-refractivity contribution in [3.05, 3.63) is 93.8 Å². The van der Waals surface area contributed by atoms with Gasteiger partial charge in [-0.25, -0.2) is 4.79 Å². The lowest BCUT2D eigenvalue weighted by atomic mass is 9.95. The molecule has 1 aromatic heterocycles. The average molecular weight is 495 g/mol. The monoisotopic (exact) mass is 494 g/mol. The van der Waals surface area contributed by atoms with Gasteiger partial charge in [0.25, 0.3) is 13.9 Å². The lowest BCUT2D eigenvalue weighted by Crippen LogP contribution is -2.67. The molecule has 1 aliphatic rings. The normalized spacial score (nSPS) is 22.9. The van der Waals surface area contributed by atoms with Gasteiger partial charge in [0.05, 0.1) is 12.7 Å². The Hall–Kier alpha value is -2.78. The van der Waals surface area contributed by atoms with Crippen molar-refractivity contribution in [2.24, 2.45) is 5.92 Å². The molecule has 0 radical (unpaired) electrons. The van der Waals surface area contributed by atoms with Gasteiger partial charge in [-0.2, -0.15) is 0 Å². The van der Waals surface area contributed by atoms with Crippen molar-refractivity contribution < 1.29 is 14.3 Å². The van der Waals surface area contributed by atoms with E-state index in [1.807, 2.05) is 43.3 Å². The quantitative estimate of drug-likeness (QED) is 0.492. The fraction of sp³-hybridized carbons (Fsp3) is 0.407. The van der Waals surface area contributed by atoms with Crippen molar-refractivity contribution in [3.63, 3.8) is 0 Å². The molecule has 3 aromatic rings. The van der Waals surface area contributed by atoms with Crippen LogP contribution in [0.4, 0.5) is 0 Å². The summed E-state index contributed by atoms with van der Waals surface area (Å²) in [5.41, 5.74) is -1.10. The van der Waals surface area contributed by atoms with E-state index in [1.165, 1.54) is 27.2 Å². The van der Waals surface area contributed by atoms with Crippen LogP contribution in [0.3, 0.4) is 0 Å². The maximum atomic E-state index is 12.4. The molecule has 1 fully saturated rings. The summed E-state index contributed by atoms with van der Waals surface area (Å²) in [6.45, 7) is 8.90. The average Bonchev–Trinajstić information content (AvgIpc) is 3.15. The zero-order valence-electron chi connectivity index (χ0n) is 20.7. The highest BCUT2D eigenvalue weighted by atomic mass is 28.4. The van der Waals surface area contributed by atoms with E-state index in [9.17, 15) is 14.7 Å². The number of aliphatic hydroxyl groups excluding tert-OH is 1. The fourth-order valence-electron chi connectivity index (χ4n) is 5.29. The van der Waals surface area contributed by atoms with Gasteiger partial charge in [-0.3, -0.25) is 14.3 Å². The molecule has 0 amide bonds. The molecule has 186 valence electrons. The Morgan fingerprint density at radius 1 is 1.00 bits per heavy atom. The largest absolute Gasteiger partial charge is 0.405 e. The highest BCUT2D eigenvalue weighted by Crippen LogP contribution is 2.39. The fourth-order valence-corrected chi connectivity index (χ4v) is 9.86. The number of rotatable bonds is 7. The van der Waals surface area contributed by atoms with Crippen LogP contribution in [-0.4, -0.2) is 41.8 Å². The van der Waals surface area contributed by atoms with E-state index < -0.39 is 38.0 Å². The molecule has 1 aliphatic heterocycles. The predicted molar refractivity (Wildman–Crippen MR) is 139 cm³/mol. The van der Waals surface area contributed by atoms with Crippen LogP contribution in [0.25, 0.3) is 0 Å². The number of H-pyrrole nitrogens is 1. The van der Waals surface area contributed by atoms with Gasteiger partial charge in [0.2, 0.25) is 0 Å². The van der Waals surface area contributed by atoms with E-state index in [0.717, 1.165) is 0 Å². The molecule has 2 aromatic carbocycles. The number of benzene rings is 2. The summed E-state index contributed by atoms with van der Waals surface area (Å²) in [7, 11) is -2.78. The minimum absolute atomic E-state index is 0.191. The summed E-state index contributed by atoms with van der Waals surface area (Å²) in [5, 5.41) is 13.2. The summed E-state index contributed by atoms with van der Waals surface area (Å²) >= 11 is 0. The molecule has 2 N–H and O–H groups in total. The number of ether oxygens (including phenoxy) is 1. The number of aromatic amines is 1. The van der Waals surface area contributed by atoms with Crippen molar-refractivity contribution in [2.75, 3.05) is 6.61 Å². The van der Waals surface area contributed by atoms with E-state index in [-0.39, 0.29) is 17.6 Å². The van der Waals surface area contributed by atoms with Crippen LogP contribution >= 0.6 is 0 Å². The Morgan fingerprint density at radius 2 is 1.57 bits per heavy atom. The number of nitrogens with zero attached hydrogens (tertiary/aromatic N) is 1. The zero-order valence-corrected chi connectivity index (χ0v) is 21.7. The molecular weight excluding hydrogens is 460 g/mol. The summed E-state index contributed by atoms with van der Waals surface area (Å²) in [4.78, 5) is 26.1. The molecule has 0 spiro atoms. The lowest BCUT2D eigenvalue weighted by Gasteiger charge is -2.43. The van der Waals surface area contributed by atoms with Crippen LogP contribution in [0.15, 0.2) is 82.5 Å².